The third kappa shape index (κ3) is 4.09. The van der Waals surface area contributed by atoms with Gasteiger partial charge in [-0.15, -0.1) is 0 Å². The normalized spacial score (nSPS) is 21.6. The summed E-state index contributed by atoms with van der Waals surface area (Å²) in [6.07, 6.45) is 5.97. The van der Waals surface area contributed by atoms with Crippen LogP contribution in [0.5, 0.6) is 0 Å². The molecule has 94 valence electrons. The van der Waals surface area contributed by atoms with Crippen LogP contribution in [-0.4, -0.2) is 18.8 Å². The largest absolute Gasteiger partial charge is 0.378 e. The molecule has 2 nitrogen and oxygen atoms in total. The molecular formula is C14H20BrNO. The van der Waals surface area contributed by atoms with E-state index in [-0.39, 0.29) is 6.04 Å². The predicted molar refractivity (Wildman–Crippen MR) is 74.0 cm³/mol. The smallest absolute Gasteiger partial charge is 0.0576 e. The molecule has 3 heteroatoms. The molecule has 0 aromatic heterocycles. The average molecular weight is 298 g/mol. The summed E-state index contributed by atoms with van der Waals surface area (Å²) in [5, 5.41) is 0. The van der Waals surface area contributed by atoms with Crippen LogP contribution in [-0.2, 0) is 11.2 Å². The molecule has 0 bridgehead atoms. The first-order valence-electron chi connectivity index (χ1n) is 6.36. The molecule has 1 aliphatic rings. The SMILES string of the molecule is NC(CCC1CCCO1)Cc1ccccc1Br. The molecular weight excluding hydrogens is 278 g/mol. The molecule has 0 spiro atoms. The van der Waals surface area contributed by atoms with E-state index in [1.54, 1.807) is 0 Å². The fourth-order valence-corrected chi connectivity index (χ4v) is 2.77. The Kier molecular flexibility index (Phi) is 5.01. The van der Waals surface area contributed by atoms with Crippen molar-refractivity contribution in [3.05, 3.63) is 34.3 Å². The molecule has 1 heterocycles. The monoisotopic (exact) mass is 297 g/mol. The lowest BCUT2D eigenvalue weighted by Gasteiger charge is -2.15. The molecule has 17 heavy (non-hydrogen) atoms. The average Bonchev–Trinajstić information content (AvgIpc) is 2.82. The minimum absolute atomic E-state index is 0.234. The molecule has 0 aliphatic carbocycles. The number of ether oxygens (including phenoxy) is 1. The topological polar surface area (TPSA) is 35.2 Å². The summed E-state index contributed by atoms with van der Waals surface area (Å²) < 4.78 is 6.77. The fraction of sp³-hybridized carbons (Fsp3) is 0.571. The minimum Gasteiger partial charge on any atom is -0.378 e. The van der Waals surface area contributed by atoms with Gasteiger partial charge >= 0.3 is 0 Å². The van der Waals surface area contributed by atoms with E-state index < -0.39 is 0 Å². The second kappa shape index (κ2) is 6.53. The first-order valence-corrected chi connectivity index (χ1v) is 7.15. The molecule has 2 atom stereocenters. The van der Waals surface area contributed by atoms with Crippen LogP contribution in [0, 0.1) is 0 Å². The van der Waals surface area contributed by atoms with Gasteiger partial charge in [0, 0.05) is 17.1 Å². The molecule has 1 aliphatic heterocycles. The maximum Gasteiger partial charge on any atom is 0.0576 e. The van der Waals surface area contributed by atoms with Crippen LogP contribution in [0.15, 0.2) is 28.7 Å². The van der Waals surface area contributed by atoms with Gasteiger partial charge in [-0.05, 0) is 43.7 Å². The van der Waals surface area contributed by atoms with Crippen molar-refractivity contribution in [3.8, 4) is 0 Å². The van der Waals surface area contributed by atoms with Crippen LogP contribution in [0.25, 0.3) is 0 Å². The van der Waals surface area contributed by atoms with Gasteiger partial charge in [0.25, 0.3) is 0 Å². The Morgan fingerprint density at radius 3 is 2.94 bits per heavy atom. The van der Waals surface area contributed by atoms with Crippen LogP contribution in [0.1, 0.15) is 31.2 Å². The van der Waals surface area contributed by atoms with E-state index in [0.717, 1.165) is 30.3 Å². The highest BCUT2D eigenvalue weighted by Gasteiger charge is 2.16. The number of rotatable bonds is 5. The molecule has 1 saturated heterocycles. The summed E-state index contributed by atoms with van der Waals surface area (Å²) >= 11 is 3.56. The number of benzene rings is 1. The van der Waals surface area contributed by atoms with Crippen molar-refractivity contribution in [2.45, 2.75) is 44.2 Å². The lowest BCUT2D eigenvalue weighted by atomic mass is 10.0. The Morgan fingerprint density at radius 1 is 1.41 bits per heavy atom. The summed E-state index contributed by atoms with van der Waals surface area (Å²) in [7, 11) is 0. The predicted octanol–water partition coefficient (Wildman–Crippen LogP) is 3.28. The maximum atomic E-state index is 6.18. The standard InChI is InChI=1S/C14H20BrNO/c15-14-6-2-1-4-11(14)10-12(16)7-8-13-5-3-9-17-13/h1-2,4,6,12-13H,3,5,7-10,16H2. The highest BCUT2D eigenvalue weighted by Crippen LogP contribution is 2.21. The van der Waals surface area contributed by atoms with E-state index >= 15 is 0 Å². The molecule has 0 saturated carbocycles. The molecule has 0 amide bonds. The van der Waals surface area contributed by atoms with Crippen molar-refractivity contribution in [2.75, 3.05) is 6.61 Å². The second-order valence-electron chi connectivity index (χ2n) is 4.77. The van der Waals surface area contributed by atoms with Gasteiger partial charge in [0.15, 0.2) is 0 Å². The number of hydrogen-bond acceptors (Lipinski definition) is 2. The minimum atomic E-state index is 0.234. The summed E-state index contributed by atoms with van der Waals surface area (Å²) in [5.41, 5.74) is 7.47. The zero-order valence-electron chi connectivity index (χ0n) is 10.1. The van der Waals surface area contributed by atoms with Gasteiger partial charge in [0.2, 0.25) is 0 Å². The van der Waals surface area contributed by atoms with E-state index in [1.165, 1.54) is 18.4 Å². The van der Waals surface area contributed by atoms with E-state index in [2.05, 4.69) is 34.1 Å². The van der Waals surface area contributed by atoms with Crippen LogP contribution in [0.4, 0.5) is 0 Å². The summed E-state index contributed by atoms with van der Waals surface area (Å²) in [4.78, 5) is 0. The first-order chi connectivity index (χ1) is 8.25. The number of halogens is 1. The Hall–Kier alpha value is -0.380. The van der Waals surface area contributed by atoms with Crippen molar-refractivity contribution in [3.63, 3.8) is 0 Å². The van der Waals surface area contributed by atoms with Crippen LogP contribution >= 0.6 is 15.9 Å². The second-order valence-corrected chi connectivity index (χ2v) is 5.62. The van der Waals surface area contributed by atoms with E-state index in [4.69, 9.17) is 10.5 Å². The van der Waals surface area contributed by atoms with Gasteiger partial charge in [-0.1, -0.05) is 34.1 Å². The van der Waals surface area contributed by atoms with Gasteiger partial charge in [0.1, 0.15) is 0 Å². The summed E-state index contributed by atoms with van der Waals surface area (Å²) in [5.74, 6) is 0. The third-order valence-corrected chi connectivity index (χ3v) is 4.10. The molecule has 2 rings (SSSR count). The van der Waals surface area contributed by atoms with E-state index in [0.29, 0.717) is 6.10 Å². The van der Waals surface area contributed by atoms with E-state index in [1.807, 2.05) is 6.07 Å². The number of nitrogens with two attached hydrogens (primary N) is 1. The van der Waals surface area contributed by atoms with Crippen molar-refractivity contribution >= 4 is 15.9 Å². The van der Waals surface area contributed by atoms with E-state index in [9.17, 15) is 0 Å². The van der Waals surface area contributed by atoms with Gasteiger partial charge in [-0.25, -0.2) is 0 Å². The quantitative estimate of drug-likeness (QED) is 0.905. The zero-order chi connectivity index (χ0) is 12.1. The maximum absolute atomic E-state index is 6.18. The van der Waals surface area contributed by atoms with Crippen molar-refractivity contribution in [2.24, 2.45) is 5.73 Å². The zero-order valence-corrected chi connectivity index (χ0v) is 11.7. The Morgan fingerprint density at radius 2 is 2.24 bits per heavy atom. The Bertz CT molecular complexity index is 350. The van der Waals surface area contributed by atoms with Crippen LogP contribution in [0.3, 0.4) is 0 Å². The molecule has 0 radical (unpaired) electrons. The lowest BCUT2D eigenvalue weighted by Crippen LogP contribution is -2.24. The third-order valence-electron chi connectivity index (χ3n) is 3.32. The van der Waals surface area contributed by atoms with Crippen molar-refractivity contribution in [1.82, 2.24) is 0 Å². The first kappa shape index (κ1) is 13.1. The van der Waals surface area contributed by atoms with Crippen molar-refractivity contribution in [1.29, 1.82) is 0 Å². The molecule has 1 fully saturated rings. The van der Waals surface area contributed by atoms with Gasteiger partial charge in [-0.3, -0.25) is 0 Å². The molecule has 1 aromatic carbocycles. The number of hydrogen-bond donors (Lipinski definition) is 1. The molecule has 2 N–H and O–H groups in total. The van der Waals surface area contributed by atoms with Crippen molar-refractivity contribution < 1.29 is 4.74 Å². The lowest BCUT2D eigenvalue weighted by molar-refractivity contribution is 0.101. The summed E-state index contributed by atoms with van der Waals surface area (Å²) in [6, 6.07) is 8.54. The summed E-state index contributed by atoms with van der Waals surface area (Å²) in [6.45, 7) is 0.935. The highest BCUT2D eigenvalue weighted by atomic mass is 79.9. The van der Waals surface area contributed by atoms with Gasteiger partial charge in [0.05, 0.1) is 6.10 Å². The van der Waals surface area contributed by atoms with Crippen LogP contribution < -0.4 is 5.73 Å². The molecule has 1 aromatic rings. The molecule has 2 unspecified atom stereocenters. The fourth-order valence-electron chi connectivity index (χ4n) is 2.32. The Balaban J connectivity index is 1.76. The van der Waals surface area contributed by atoms with Crippen LogP contribution in [0.2, 0.25) is 0 Å². The van der Waals surface area contributed by atoms with Gasteiger partial charge < -0.3 is 10.5 Å². The van der Waals surface area contributed by atoms with Gasteiger partial charge in [-0.2, -0.15) is 0 Å². The highest BCUT2D eigenvalue weighted by molar-refractivity contribution is 9.10. The Labute approximate surface area is 112 Å².